The lowest BCUT2D eigenvalue weighted by Gasteiger charge is -2.01. The van der Waals surface area contributed by atoms with Crippen molar-refractivity contribution in [1.82, 2.24) is 4.57 Å². The first kappa shape index (κ1) is 12.5. The molecule has 100 valence electrons. The molecule has 1 heterocycles. The number of carbonyl (C=O) groups is 1. The van der Waals surface area contributed by atoms with Crippen molar-refractivity contribution in [2.75, 3.05) is 5.73 Å². The van der Waals surface area contributed by atoms with Crippen molar-refractivity contribution in [3.63, 3.8) is 0 Å². The zero-order chi connectivity index (χ0) is 14.3. The average molecular weight is 264 g/mol. The maximum Gasteiger partial charge on any atom is 0.195 e. The predicted molar refractivity (Wildman–Crippen MR) is 81.9 cm³/mol. The van der Waals surface area contributed by atoms with Crippen molar-refractivity contribution in [2.24, 2.45) is 7.05 Å². The fourth-order valence-electron chi connectivity index (χ4n) is 2.46. The van der Waals surface area contributed by atoms with Gasteiger partial charge >= 0.3 is 0 Å². The molecule has 0 aliphatic rings. The highest BCUT2D eigenvalue weighted by Crippen LogP contribution is 2.24. The minimum absolute atomic E-state index is 0.0273. The Morgan fingerprint density at radius 3 is 2.50 bits per heavy atom. The van der Waals surface area contributed by atoms with Crippen molar-refractivity contribution < 1.29 is 4.79 Å². The lowest BCUT2D eigenvalue weighted by molar-refractivity contribution is 0.104. The van der Waals surface area contributed by atoms with Gasteiger partial charge in [0, 0.05) is 41.0 Å². The van der Waals surface area contributed by atoms with E-state index in [-0.39, 0.29) is 5.78 Å². The predicted octanol–water partition coefficient (Wildman–Crippen LogP) is 3.30. The van der Waals surface area contributed by atoms with E-state index in [1.807, 2.05) is 36.9 Å². The molecule has 0 aliphatic carbocycles. The number of aryl methyl sites for hydroxylation is 2. The number of hydrogen-bond donors (Lipinski definition) is 1. The molecule has 0 bridgehead atoms. The number of carbonyl (C=O) groups excluding carboxylic acids is 1. The van der Waals surface area contributed by atoms with Gasteiger partial charge in [-0.15, -0.1) is 0 Å². The molecule has 0 amide bonds. The first-order valence-electron chi connectivity index (χ1n) is 6.52. The zero-order valence-corrected chi connectivity index (χ0v) is 11.6. The van der Waals surface area contributed by atoms with Gasteiger partial charge in [-0.3, -0.25) is 4.79 Å². The Labute approximate surface area is 117 Å². The average Bonchev–Trinajstić information content (AvgIpc) is 2.76. The van der Waals surface area contributed by atoms with E-state index in [2.05, 4.69) is 6.07 Å². The van der Waals surface area contributed by atoms with Crippen LogP contribution in [0.15, 0.2) is 48.7 Å². The lowest BCUT2D eigenvalue weighted by Crippen LogP contribution is -2.00. The molecule has 0 spiro atoms. The molecule has 3 rings (SSSR count). The first-order valence-corrected chi connectivity index (χ1v) is 6.52. The van der Waals surface area contributed by atoms with Crippen LogP contribution in [-0.2, 0) is 7.05 Å². The van der Waals surface area contributed by atoms with Crippen molar-refractivity contribution in [3.8, 4) is 0 Å². The van der Waals surface area contributed by atoms with Crippen LogP contribution in [0.1, 0.15) is 21.5 Å². The van der Waals surface area contributed by atoms with Crippen LogP contribution < -0.4 is 5.73 Å². The molecule has 1 aromatic heterocycles. The molecule has 0 radical (unpaired) electrons. The number of fused-ring (bicyclic) bond motifs is 1. The Kier molecular flexibility index (Phi) is 2.83. The number of benzene rings is 2. The number of aromatic nitrogens is 1. The van der Waals surface area contributed by atoms with E-state index >= 15 is 0 Å². The van der Waals surface area contributed by atoms with Gasteiger partial charge < -0.3 is 10.3 Å². The van der Waals surface area contributed by atoms with E-state index in [1.165, 1.54) is 5.56 Å². The number of ketones is 1. The van der Waals surface area contributed by atoms with Crippen LogP contribution in [0.5, 0.6) is 0 Å². The summed E-state index contributed by atoms with van der Waals surface area (Å²) in [6.45, 7) is 2.05. The molecular weight excluding hydrogens is 248 g/mol. The van der Waals surface area contributed by atoms with Crippen molar-refractivity contribution in [3.05, 3.63) is 65.4 Å². The fraction of sp³-hybridized carbons (Fsp3) is 0.118. The molecule has 0 unspecified atom stereocenters. The SMILES string of the molecule is Cc1ccc2c(C(=O)c3ccc(N)cc3)cn(C)c2c1. The Balaban J connectivity index is 2.15. The molecular formula is C17H16N2O. The smallest absolute Gasteiger partial charge is 0.195 e. The number of nitrogens with zero attached hydrogens (tertiary/aromatic N) is 1. The number of rotatable bonds is 2. The van der Waals surface area contributed by atoms with Crippen LogP contribution in [0.2, 0.25) is 0 Å². The summed E-state index contributed by atoms with van der Waals surface area (Å²) in [5, 5.41) is 0.986. The van der Waals surface area contributed by atoms with Crippen LogP contribution in [0, 0.1) is 6.92 Å². The third-order valence-corrected chi connectivity index (χ3v) is 3.56. The van der Waals surface area contributed by atoms with Gasteiger partial charge in [-0.25, -0.2) is 0 Å². The zero-order valence-electron chi connectivity index (χ0n) is 11.6. The second kappa shape index (κ2) is 4.53. The molecule has 0 atom stereocenters. The van der Waals surface area contributed by atoms with Crippen LogP contribution in [0.3, 0.4) is 0 Å². The van der Waals surface area contributed by atoms with E-state index in [9.17, 15) is 4.79 Å². The second-order valence-electron chi connectivity index (χ2n) is 5.13. The summed E-state index contributed by atoms with van der Waals surface area (Å²) in [5.74, 6) is 0.0273. The normalized spacial score (nSPS) is 10.9. The lowest BCUT2D eigenvalue weighted by atomic mass is 10.0. The number of nitrogens with two attached hydrogens (primary N) is 1. The van der Waals surface area contributed by atoms with Gasteiger partial charge in [-0.2, -0.15) is 0 Å². The summed E-state index contributed by atoms with van der Waals surface area (Å²) >= 11 is 0. The summed E-state index contributed by atoms with van der Waals surface area (Å²) in [6, 6.07) is 13.2. The number of nitrogen functional groups attached to an aromatic ring is 1. The molecule has 3 heteroatoms. The monoisotopic (exact) mass is 264 g/mol. The summed E-state index contributed by atoms with van der Waals surface area (Å²) in [4.78, 5) is 12.6. The van der Waals surface area contributed by atoms with Crippen molar-refractivity contribution in [2.45, 2.75) is 6.92 Å². The molecule has 0 aliphatic heterocycles. The summed E-state index contributed by atoms with van der Waals surface area (Å²) in [6.07, 6.45) is 1.89. The molecule has 0 saturated heterocycles. The highest BCUT2D eigenvalue weighted by Gasteiger charge is 2.15. The van der Waals surface area contributed by atoms with Crippen LogP contribution in [0.4, 0.5) is 5.69 Å². The van der Waals surface area contributed by atoms with Gasteiger partial charge in [0.25, 0.3) is 0 Å². The molecule has 2 N–H and O–H groups in total. The Morgan fingerprint density at radius 1 is 1.10 bits per heavy atom. The number of hydrogen-bond acceptors (Lipinski definition) is 2. The number of anilines is 1. The van der Waals surface area contributed by atoms with Crippen molar-refractivity contribution in [1.29, 1.82) is 0 Å². The second-order valence-corrected chi connectivity index (χ2v) is 5.13. The maximum atomic E-state index is 12.6. The van der Waals surface area contributed by atoms with Gasteiger partial charge in [0.1, 0.15) is 0 Å². The Bertz CT molecular complexity index is 798. The largest absolute Gasteiger partial charge is 0.399 e. The molecule has 0 fully saturated rings. The third-order valence-electron chi connectivity index (χ3n) is 3.56. The minimum atomic E-state index is 0.0273. The van der Waals surface area contributed by atoms with Crippen molar-refractivity contribution >= 4 is 22.4 Å². The van der Waals surface area contributed by atoms with Crippen LogP contribution >= 0.6 is 0 Å². The quantitative estimate of drug-likeness (QED) is 0.570. The van der Waals surface area contributed by atoms with E-state index < -0.39 is 0 Å². The van der Waals surface area contributed by atoms with Gasteiger partial charge in [-0.1, -0.05) is 12.1 Å². The molecule has 3 aromatic rings. The fourth-order valence-corrected chi connectivity index (χ4v) is 2.46. The van der Waals surface area contributed by atoms with Crippen LogP contribution in [-0.4, -0.2) is 10.4 Å². The van der Waals surface area contributed by atoms with Gasteiger partial charge in [0.2, 0.25) is 0 Å². The minimum Gasteiger partial charge on any atom is -0.399 e. The van der Waals surface area contributed by atoms with Gasteiger partial charge in [0.15, 0.2) is 5.78 Å². The van der Waals surface area contributed by atoms with E-state index in [0.29, 0.717) is 11.3 Å². The highest BCUT2D eigenvalue weighted by atomic mass is 16.1. The summed E-state index contributed by atoms with van der Waals surface area (Å²) in [7, 11) is 1.96. The van der Waals surface area contributed by atoms with Gasteiger partial charge in [0.05, 0.1) is 0 Å². The molecule has 2 aromatic carbocycles. The highest BCUT2D eigenvalue weighted by molar-refractivity contribution is 6.16. The van der Waals surface area contributed by atoms with Gasteiger partial charge in [-0.05, 0) is 42.8 Å². The van der Waals surface area contributed by atoms with Crippen LogP contribution in [0.25, 0.3) is 10.9 Å². The first-order chi connectivity index (χ1) is 9.56. The Hall–Kier alpha value is -2.55. The Morgan fingerprint density at radius 2 is 1.80 bits per heavy atom. The standard InChI is InChI=1S/C17H16N2O/c1-11-3-8-14-15(10-19(2)16(14)9-11)17(20)12-4-6-13(18)7-5-12/h3-10H,18H2,1-2H3. The summed E-state index contributed by atoms with van der Waals surface area (Å²) < 4.78 is 1.99. The maximum absolute atomic E-state index is 12.6. The van der Waals surface area contributed by atoms with E-state index in [4.69, 9.17) is 5.73 Å². The van der Waals surface area contributed by atoms with E-state index in [1.54, 1.807) is 24.3 Å². The third kappa shape index (κ3) is 1.97. The molecule has 0 saturated carbocycles. The topological polar surface area (TPSA) is 48.0 Å². The molecule has 20 heavy (non-hydrogen) atoms. The molecule has 3 nitrogen and oxygen atoms in total. The van der Waals surface area contributed by atoms with E-state index in [0.717, 1.165) is 16.5 Å². The summed E-state index contributed by atoms with van der Waals surface area (Å²) in [5.41, 5.74) is 9.97.